The van der Waals surface area contributed by atoms with E-state index in [0.29, 0.717) is 23.7 Å². The predicted octanol–water partition coefficient (Wildman–Crippen LogP) is 4.39. The van der Waals surface area contributed by atoms with Gasteiger partial charge in [0.05, 0.1) is 30.4 Å². The Morgan fingerprint density at radius 1 is 1.06 bits per heavy atom. The number of amides is 1. The van der Waals surface area contributed by atoms with Crippen LogP contribution in [0, 0.1) is 6.92 Å². The Kier molecular flexibility index (Phi) is 5.60. The summed E-state index contributed by atoms with van der Waals surface area (Å²) in [6.07, 6.45) is 0. The summed E-state index contributed by atoms with van der Waals surface area (Å²) in [7, 11) is 1.59. The summed E-state index contributed by atoms with van der Waals surface area (Å²) in [5.41, 5.74) is 4.95. The third-order valence-corrected chi connectivity index (χ3v) is 5.87. The van der Waals surface area contributed by atoms with Gasteiger partial charge in [-0.15, -0.1) is 0 Å². The van der Waals surface area contributed by atoms with E-state index in [4.69, 9.17) is 14.5 Å². The average molecular weight is 443 g/mol. The van der Waals surface area contributed by atoms with Gasteiger partial charge >= 0.3 is 0 Å². The maximum absolute atomic E-state index is 12.6. The molecule has 7 nitrogen and oxygen atoms in total. The Bertz CT molecular complexity index is 1300. The molecular weight excluding hydrogens is 416 g/mol. The van der Waals surface area contributed by atoms with Gasteiger partial charge in [0, 0.05) is 18.8 Å². The number of para-hydroxylation sites is 2. The highest BCUT2D eigenvalue weighted by Gasteiger charge is 2.21. The Labute approximate surface area is 192 Å². The third kappa shape index (κ3) is 4.35. The lowest BCUT2D eigenvalue weighted by atomic mass is 10.2. The number of anilines is 2. The number of hydrogen-bond acceptors (Lipinski definition) is 5. The molecule has 1 N–H and O–H groups in total. The molecule has 7 heteroatoms. The number of carbonyl (C=O) groups is 1. The number of imidazole rings is 1. The van der Waals surface area contributed by atoms with E-state index in [-0.39, 0.29) is 12.5 Å². The standard InChI is InChI=1S/C26H26N4O3/c1-18-7-10-20(11-8-18)33-17-26(31)28-22-15-19(9-12-24(22)32-2)29-13-14-30-23-6-4-3-5-21(23)27-25(30)16-29/h3-12,15H,13-14,16-17H2,1-2H3,(H,28,31). The van der Waals surface area contributed by atoms with E-state index in [1.165, 1.54) is 5.52 Å². The van der Waals surface area contributed by atoms with Crippen molar-refractivity contribution in [2.24, 2.45) is 0 Å². The van der Waals surface area contributed by atoms with Crippen LogP contribution in [-0.2, 0) is 17.9 Å². The zero-order chi connectivity index (χ0) is 22.8. The van der Waals surface area contributed by atoms with Crippen LogP contribution in [0.25, 0.3) is 11.0 Å². The molecular formula is C26H26N4O3. The van der Waals surface area contributed by atoms with Crippen LogP contribution in [0.15, 0.2) is 66.7 Å². The van der Waals surface area contributed by atoms with Crippen LogP contribution in [0.4, 0.5) is 11.4 Å². The fourth-order valence-electron chi connectivity index (χ4n) is 4.15. The molecule has 0 unspecified atom stereocenters. The van der Waals surface area contributed by atoms with Gasteiger partial charge in [-0.1, -0.05) is 29.8 Å². The normalized spacial score (nSPS) is 13.0. The van der Waals surface area contributed by atoms with Crippen molar-refractivity contribution in [1.82, 2.24) is 9.55 Å². The molecule has 1 amide bonds. The van der Waals surface area contributed by atoms with Crippen molar-refractivity contribution >= 4 is 28.3 Å². The molecule has 2 heterocycles. The minimum atomic E-state index is -0.244. The van der Waals surface area contributed by atoms with Gasteiger partial charge in [-0.25, -0.2) is 4.98 Å². The zero-order valence-electron chi connectivity index (χ0n) is 18.7. The molecule has 0 bridgehead atoms. The van der Waals surface area contributed by atoms with Crippen molar-refractivity contribution in [2.75, 3.05) is 30.5 Å². The quantitative estimate of drug-likeness (QED) is 0.480. The van der Waals surface area contributed by atoms with E-state index in [1.54, 1.807) is 7.11 Å². The van der Waals surface area contributed by atoms with Crippen LogP contribution in [0.5, 0.6) is 11.5 Å². The van der Waals surface area contributed by atoms with E-state index in [0.717, 1.165) is 35.7 Å². The fourth-order valence-corrected chi connectivity index (χ4v) is 4.15. The molecule has 1 aliphatic heterocycles. The number of carbonyl (C=O) groups excluding carboxylic acids is 1. The Balaban J connectivity index is 1.30. The molecule has 4 aromatic rings. The highest BCUT2D eigenvalue weighted by atomic mass is 16.5. The van der Waals surface area contributed by atoms with Gasteiger partial charge in [-0.05, 0) is 49.4 Å². The largest absolute Gasteiger partial charge is 0.495 e. The number of aromatic nitrogens is 2. The first kappa shape index (κ1) is 20.9. The van der Waals surface area contributed by atoms with Gasteiger partial charge in [0.1, 0.15) is 17.3 Å². The topological polar surface area (TPSA) is 68.6 Å². The number of ether oxygens (including phenoxy) is 2. The van der Waals surface area contributed by atoms with Gasteiger partial charge < -0.3 is 24.3 Å². The number of nitrogens with one attached hydrogen (secondary N) is 1. The lowest BCUT2D eigenvalue weighted by molar-refractivity contribution is -0.118. The van der Waals surface area contributed by atoms with Crippen LogP contribution < -0.4 is 19.7 Å². The third-order valence-electron chi connectivity index (χ3n) is 5.87. The number of methoxy groups -OCH3 is 1. The number of aryl methyl sites for hydroxylation is 1. The van der Waals surface area contributed by atoms with Gasteiger partial charge in [-0.2, -0.15) is 0 Å². The van der Waals surface area contributed by atoms with Crippen molar-refractivity contribution in [3.63, 3.8) is 0 Å². The molecule has 0 aliphatic carbocycles. The second-order valence-corrected chi connectivity index (χ2v) is 8.12. The second kappa shape index (κ2) is 8.86. The smallest absolute Gasteiger partial charge is 0.262 e. The highest BCUT2D eigenvalue weighted by Crippen LogP contribution is 2.32. The van der Waals surface area contributed by atoms with Crippen LogP contribution in [0.2, 0.25) is 0 Å². The van der Waals surface area contributed by atoms with Gasteiger partial charge in [0.15, 0.2) is 6.61 Å². The summed E-state index contributed by atoms with van der Waals surface area (Å²) in [4.78, 5) is 19.6. The maximum Gasteiger partial charge on any atom is 0.262 e. The molecule has 0 spiro atoms. The van der Waals surface area contributed by atoms with Crippen molar-refractivity contribution in [2.45, 2.75) is 20.0 Å². The molecule has 3 aromatic carbocycles. The maximum atomic E-state index is 12.6. The number of rotatable bonds is 6. The van der Waals surface area contributed by atoms with Crippen molar-refractivity contribution in [3.8, 4) is 11.5 Å². The van der Waals surface area contributed by atoms with Crippen LogP contribution in [0.3, 0.4) is 0 Å². The number of fused-ring (bicyclic) bond motifs is 3. The molecule has 168 valence electrons. The van der Waals surface area contributed by atoms with E-state index in [2.05, 4.69) is 20.9 Å². The molecule has 33 heavy (non-hydrogen) atoms. The molecule has 1 aliphatic rings. The summed E-state index contributed by atoms with van der Waals surface area (Å²) in [5, 5.41) is 2.93. The van der Waals surface area contributed by atoms with Gasteiger partial charge in [0.25, 0.3) is 5.91 Å². The van der Waals surface area contributed by atoms with E-state index in [9.17, 15) is 4.79 Å². The van der Waals surface area contributed by atoms with E-state index < -0.39 is 0 Å². The van der Waals surface area contributed by atoms with E-state index >= 15 is 0 Å². The predicted molar refractivity (Wildman–Crippen MR) is 129 cm³/mol. The molecule has 0 radical (unpaired) electrons. The molecule has 1 aromatic heterocycles. The van der Waals surface area contributed by atoms with E-state index in [1.807, 2.05) is 67.6 Å². The van der Waals surface area contributed by atoms with Crippen LogP contribution >= 0.6 is 0 Å². The SMILES string of the molecule is COc1ccc(N2CCn3c(nc4ccccc43)C2)cc1NC(=O)COc1ccc(C)cc1. The van der Waals surface area contributed by atoms with Crippen molar-refractivity contribution in [1.29, 1.82) is 0 Å². The number of hydrogen-bond donors (Lipinski definition) is 1. The summed E-state index contributed by atoms with van der Waals surface area (Å²) in [6, 6.07) is 21.7. The summed E-state index contributed by atoms with van der Waals surface area (Å²) in [5.74, 6) is 2.06. The summed E-state index contributed by atoms with van der Waals surface area (Å²) < 4.78 is 13.4. The first-order valence-electron chi connectivity index (χ1n) is 11.0. The van der Waals surface area contributed by atoms with Crippen LogP contribution in [0.1, 0.15) is 11.4 Å². The fraction of sp³-hybridized carbons (Fsp3) is 0.231. The number of nitrogens with zero attached hydrogens (tertiary/aromatic N) is 3. The Hall–Kier alpha value is -4.00. The molecule has 0 saturated heterocycles. The Morgan fingerprint density at radius 2 is 1.88 bits per heavy atom. The average Bonchev–Trinajstić information content (AvgIpc) is 3.21. The molecule has 0 fully saturated rings. The second-order valence-electron chi connectivity index (χ2n) is 8.12. The lowest BCUT2D eigenvalue weighted by Gasteiger charge is -2.30. The molecule has 5 rings (SSSR count). The first-order valence-corrected chi connectivity index (χ1v) is 11.0. The molecule has 0 atom stereocenters. The van der Waals surface area contributed by atoms with Gasteiger partial charge in [-0.3, -0.25) is 4.79 Å². The summed E-state index contributed by atoms with van der Waals surface area (Å²) in [6.45, 7) is 4.33. The summed E-state index contributed by atoms with van der Waals surface area (Å²) >= 11 is 0. The van der Waals surface area contributed by atoms with Gasteiger partial charge in [0.2, 0.25) is 0 Å². The van der Waals surface area contributed by atoms with Crippen LogP contribution in [-0.4, -0.2) is 35.7 Å². The first-order chi connectivity index (χ1) is 16.1. The number of benzene rings is 3. The monoisotopic (exact) mass is 442 g/mol. The van der Waals surface area contributed by atoms with Crippen molar-refractivity contribution in [3.05, 3.63) is 78.1 Å². The zero-order valence-corrected chi connectivity index (χ0v) is 18.7. The Morgan fingerprint density at radius 3 is 2.70 bits per heavy atom. The lowest BCUT2D eigenvalue weighted by Crippen LogP contribution is -2.33. The highest BCUT2D eigenvalue weighted by molar-refractivity contribution is 5.94. The minimum absolute atomic E-state index is 0.0792. The van der Waals surface area contributed by atoms with Crippen molar-refractivity contribution < 1.29 is 14.3 Å². The minimum Gasteiger partial charge on any atom is -0.495 e. The molecule has 0 saturated carbocycles.